The number of carbonyl (C=O) groups is 1. The number of nitrogens with zero attached hydrogens (tertiary/aromatic N) is 2. The Morgan fingerprint density at radius 1 is 1.38 bits per heavy atom. The van der Waals surface area contributed by atoms with Crippen molar-refractivity contribution in [2.24, 2.45) is 17.6 Å². The van der Waals surface area contributed by atoms with Crippen molar-refractivity contribution < 1.29 is 9.53 Å². The van der Waals surface area contributed by atoms with Gasteiger partial charge in [-0.15, -0.1) is 0 Å². The lowest BCUT2D eigenvalue weighted by Gasteiger charge is -2.36. The van der Waals surface area contributed by atoms with E-state index in [1.807, 2.05) is 19.1 Å². The van der Waals surface area contributed by atoms with Crippen molar-refractivity contribution in [1.29, 1.82) is 0 Å². The van der Waals surface area contributed by atoms with E-state index in [1.165, 1.54) is 5.56 Å². The van der Waals surface area contributed by atoms with E-state index >= 15 is 0 Å². The summed E-state index contributed by atoms with van der Waals surface area (Å²) in [5.41, 5.74) is 9.13. The molecule has 0 saturated heterocycles. The van der Waals surface area contributed by atoms with Crippen LogP contribution in [0.2, 0.25) is 5.02 Å². The fraction of sp³-hybridized carbons (Fsp3) is 0.600. The fourth-order valence-corrected chi connectivity index (χ4v) is 4.78. The third-order valence-corrected chi connectivity index (χ3v) is 6.80. The SMILES string of the molecule is CCn1nc(C(=O)NCC2(N)CCC(C)CC2)c(Cl)c1-c1ccc(CC(C)C)cc1OC. The van der Waals surface area contributed by atoms with Crippen molar-refractivity contribution in [2.75, 3.05) is 13.7 Å². The second kappa shape index (κ2) is 10.3. The van der Waals surface area contributed by atoms with Crippen molar-refractivity contribution in [3.05, 3.63) is 34.5 Å². The van der Waals surface area contributed by atoms with E-state index in [2.05, 4.69) is 37.3 Å². The minimum atomic E-state index is -0.361. The molecular formula is C25H37ClN4O2. The Balaban J connectivity index is 1.86. The third kappa shape index (κ3) is 5.46. The Morgan fingerprint density at radius 3 is 2.66 bits per heavy atom. The maximum absolute atomic E-state index is 13.0. The van der Waals surface area contributed by atoms with Crippen LogP contribution in [0.15, 0.2) is 18.2 Å². The first-order valence-electron chi connectivity index (χ1n) is 11.7. The number of aromatic nitrogens is 2. The molecular weight excluding hydrogens is 424 g/mol. The first-order chi connectivity index (χ1) is 15.2. The van der Waals surface area contributed by atoms with Gasteiger partial charge < -0.3 is 15.8 Å². The molecule has 1 saturated carbocycles. The number of halogens is 1. The first kappa shape index (κ1) is 24.6. The number of hydrogen-bond donors (Lipinski definition) is 2. The maximum Gasteiger partial charge on any atom is 0.273 e. The van der Waals surface area contributed by atoms with Crippen LogP contribution in [0.25, 0.3) is 11.3 Å². The molecule has 0 spiro atoms. The van der Waals surface area contributed by atoms with Crippen LogP contribution >= 0.6 is 11.6 Å². The number of amides is 1. The second-order valence-electron chi connectivity index (χ2n) is 9.69. The van der Waals surface area contributed by atoms with Gasteiger partial charge >= 0.3 is 0 Å². The molecule has 1 aliphatic rings. The number of carbonyl (C=O) groups excluding carboxylic acids is 1. The van der Waals surface area contributed by atoms with Crippen LogP contribution in [0.4, 0.5) is 0 Å². The first-order valence-corrected chi connectivity index (χ1v) is 12.1. The molecule has 2 aromatic rings. The van der Waals surface area contributed by atoms with Crippen LogP contribution in [0.5, 0.6) is 5.75 Å². The van der Waals surface area contributed by atoms with E-state index in [0.717, 1.165) is 43.4 Å². The molecule has 32 heavy (non-hydrogen) atoms. The summed E-state index contributed by atoms with van der Waals surface area (Å²) in [6, 6.07) is 6.13. The molecule has 3 N–H and O–H groups in total. The molecule has 176 valence electrons. The summed E-state index contributed by atoms with van der Waals surface area (Å²) in [6.07, 6.45) is 4.97. The molecule has 0 aliphatic heterocycles. The Bertz CT molecular complexity index is 946. The lowest BCUT2D eigenvalue weighted by Crippen LogP contribution is -2.52. The predicted molar refractivity (Wildman–Crippen MR) is 130 cm³/mol. The van der Waals surface area contributed by atoms with Crippen LogP contribution in [-0.4, -0.2) is 34.9 Å². The average molecular weight is 461 g/mol. The Hall–Kier alpha value is -2.05. The van der Waals surface area contributed by atoms with Crippen molar-refractivity contribution in [2.45, 2.75) is 71.9 Å². The van der Waals surface area contributed by atoms with Crippen molar-refractivity contribution in [1.82, 2.24) is 15.1 Å². The van der Waals surface area contributed by atoms with Crippen LogP contribution in [-0.2, 0) is 13.0 Å². The minimum absolute atomic E-state index is 0.226. The largest absolute Gasteiger partial charge is 0.496 e. The quantitative estimate of drug-likeness (QED) is 0.576. The van der Waals surface area contributed by atoms with Gasteiger partial charge in [0, 0.05) is 24.2 Å². The highest BCUT2D eigenvalue weighted by molar-refractivity contribution is 6.36. The van der Waals surface area contributed by atoms with Gasteiger partial charge in [0.25, 0.3) is 5.91 Å². The molecule has 1 aromatic heterocycles. The van der Waals surface area contributed by atoms with Gasteiger partial charge in [-0.05, 0) is 68.6 Å². The van der Waals surface area contributed by atoms with Gasteiger partial charge in [0.05, 0.1) is 17.8 Å². The van der Waals surface area contributed by atoms with Gasteiger partial charge in [-0.3, -0.25) is 9.48 Å². The fourth-order valence-electron chi connectivity index (χ4n) is 4.45. The maximum atomic E-state index is 13.0. The summed E-state index contributed by atoms with van der Waals surface area (Å²) in [7, 11) is 1.65. The number of nitrogens with one attached hydrogen (secondary N) is 1. The predicted octanol–water partition coefficient (Wildman–Crippen LogP) is 5.07. The topological polar surface area (TPSA) is 82.2 Å². The van der Waals surface area contributed by atoms with Gasteiger partial charge in [0.2, 0.25) is 0 Å². The van der Waals surface area contributed by atoms with E-state index in [0.29, 0.717) is 35.6 Å². The molecule has 1 fully saturated rings. The number of nitrogens with two attached hydrogens (primary N) is 1. The number of aryl methyl sites for hydroxylation is 1. The normalized spacial score (nSPS) is 21.1. The van der Waals surface area contributed by atoms with Gasteiger partial charge in [0.1, 0.15) is 5.75 Å². The highest BCUT2D eigenvalue weighted by Crippen LogP contribution is 2.38. The molecule has 1 aromatic carbocycles. The average Bonchev–Trinajstić information content (AvgIpc) is 3.10. The highest BCUT2D eigenvalue weighted by atomic mass is 35.5. The number of benzene rings is 1. The van der Waals surface area contributed by atoms with Gasteiger partial charge in [-0.1, -0.05) is 38.4 Å². The third-order valence-electron chi connectivity index (χ3n) is 6.45. The second-order valence-corrected chi connectivity index (χ2v) is 10.1. The molecule has 0 radical (unpaired) electrons. The summed E-state index contributed by atoms with van der Waals surface area (Å²) in [5.74, 6) is 1.68. The zero-order chi connectivity index (χ0) is 23.5. The van der Waals surface area contributed by atoms with Crippen LogP contribution in [0.3, 0.4) is 0 Å². The number of hydrogen-bond acceptors (Lipinski definition) is 4. The van der Waals surface area contributed by atoms with E-state index in [9.17, 15) is 4.79 Å². The molecule has 0 unspecified atom stereocenters. The lowest BCUT2D eigenvalue weighted by atomic mass is 9.78. The van der Waals surface area contributed by atoms with Crippen molar-refractivity contribution in [3.8, 4) is 17.0 Å². The lowest BCUT2D eigenvalue weighted by molar-refractivity contribution is 0.0929. The van der Waals surface area contributed by atoms with Crippen LogP contribution in [0.1, 0.15) is 69.4 Å². The van der Waals surface area contributed by atoms with Crippen LogP contribution in [0, 0.1) is 11.8 Å². The van der Waals surface area contributed by atoms with E-state index < -0.39 is 0 Å². The molecule has 1 heterocycles. The Labute approximate surface area is 196 Å². The van der Waals surface area contributed by atoms with Gasteiger partial charge in [-0.25, -0.2) is 0 Å². The molecule has 7 heteroatoms. The zero-order valence-corrected chi connectivity index (χ0v) is 20.8. The standard InChI is InChI=1S/C25H37ClN4O2/c1-6-30-23(19-8-7-18(13-16(2)3)14-20(19)32-5)21(26)22(29-30)24(31)28-15-25(27)11-9-17(4)10-12-25/h7-8,14,16-17H,6,9-13,15,27H2,1-5H3,(H,28,31). The molecule has 1 amide bonds. The van der Waals surface area contributed by atoms with Crippen LogP contribution < -0.4 is 15.8 Å². The molecule has 3 rings (SSSR count). The molecule has 0 bridgehead atoms. The summed E-state index contributed by atoms with van der Waals surface area (Å²) in [4.78, 5) is 13.0. The van der Waals surface area contributed by atoms with E-state index in [1.54, 1.807) is 11.8 Å². The number of methoxy groups -OCH3 is 1. The Morgan fingerprint density at radius 2 is 2.06 bits per heavy atom. The van der Waals surface area contributed by atoms with Gasteiger partial charge in [0.15, 0.2) is 5.69 Å². The molecule has 0 atom stereocenters. The Kier molecular flexibility index (Phi) is 7.88. The smallest absolute Gasteiger partial charge is 0.273 e. The number of ether oxygens (including phenoxy) is 1. The summed E-state index contributed by atoms with van der Waals surface area (Å²) in [5, 5.41) is 7.85. The summed E-state index contributed by atoms with van der Waals surface area (Å²) < 4.78 is 7.44. The van der Waals surface area contributed by atoms with Gasteiger partial charge in [-0.2, -0.15) is 5.10 Å². The summed E-state index contributed by atoms with van der Waals surface area (Å²) in [6.45, 7) is 9.61. The van der Waals surface area contributed by atoms with Crippen molar-refractivity contribution in [3.63, 3.8) is 0 Å². The number of rotatable bonds is 8. The highest BCUT2D eigenvalue weighted by Gasteiger charge is 2.32. The molecule has 6 nitrogen and oxygen atoms in total. The van der Waals surface area contributed by atoms with Crippen molar-refractivity contribution >= 4 is 17.5 Å². The van der Waals surface area contributed by atoms with E-state index in [-0.39, 0.29) is 17.1 Å². The van der Waals surface area contributed by atoms with E-state index in [4.69, 9.17) is 22.1 Å². The monoisotopic (exact) mass is 460 g/mol. The summed E-state index contributed by atoms with van der Waals surface area (Å²) >= 11 is 6.74. The molecule has 1 aliphatic carbocycles. The zero-order valence-electron chi connectivity index (χ0n) is 20.0. The minimum Gasteiger partial charge on any atom is -0.496 e.